The fraction of sp³-hybridized carbons (Fsp3) is 0.467. The summed E-state index contributed by atoms with van der Waals surface area (Å²) >= 11 is 0. The highest BCUT2D eigenvalue weighted by atomic mass is 16.2. The van der Waals surface area contributed by atoms with Gasteiger partial charge in [-0.1, -0.05) is 27.2 Å². The van der Waals surface area contributed by atoms with Crippen LogP contribution in [0.3, 0.4) is 0 Å². The largest absolute Gasteiger partial charge is 0.326 e. The number of hydrogen-bond acceptors (Lipinski definition) is 2. The van der Waals surface area contributed by atoms with Crippen molar-refractivity contribution in [3.63, 3.8) is 0 Å². The van der Waals surface area contributed by atoms with Gasteiger partial charge in [-0.2, -0.15) is 0 Å². The number of anilines is 1. The fourth-order valence-electron chi connectivity index (χ4n) is 1.83. The monoisotopic (exact) mass is 247 g/mol. The van der Waals surface area contributed by atoms with Crippen LogP contribution in [0.15, 0.2) is 24.3 Å². The van der Waals surface area contributed by atoms with Gasteiger partial charge in [0.25, 0.3) is 0 Å². The lowest BCUT2D eigenvalue weighted by Crippen LogP contribution is -2.30. The number of Topliss-reactive ketones (excluding diaryl/α,β-unsaturated/α-hetero) is 1. The number of benzene rings is 1. The summed E-state index contributed by atoms with van der Waals surface area (Å²) in [4.78, 5) is 23.2. The zero-order valence-electron chi connectivity index (χ0n) is 11.5. The second kappa shape index (κ2) is 5.80. The molecule has 1 aromatic carbocycles. The Balaban J connectivity index is 2.73. The molecule has 0 fully saturated rings. The molecular formula is C15H21NO2. The molecule has 0 aliphatic carbocycles. The van der Waals surface area contributed by atoms with E-state index in [9.17, 15) is 9.59 Å². The number of carbonyl (C=O) groups is 2. The van der Waals surface area contributed by atoms with E-state index in [2.05, 4.69) is 12.2 Å². The molecule has 0 bridgehead atoms. The fourth-order valence-corrected chi connectivity index (χ4v) is 1.83. The number of hydrogen-bond donors (Lipinski definition) is 1. The van der Waals surface area contributed by atoms with Crippen LogP contribution in [-0.2, 0) is 4.79 Å². The van der Waals surface area contributed by atoms with E-state index in [-0.39, 0.29) is 17.1 Å². The van der Waals surface area contributed by atoms with Crippen LogP contribution in [0.5, 0.6) is 0 Å². The van der Waals surface area contributed by atoms with E-state index >= 15 is 0 Å². The highest BCUT2D eigenvalue weighted by Crippen LogP contribution is 2.24. The van der Waals surface area contributed by atoms with Gasteiger partial charge in [-0.05, 0) is 37.6 Å². The van der Waals surface area contributed by atoms with Crippen molar-refractivity contribution in [1.82, 2.24) is 0 Å². The maximum absolute atomic E-state index is 12.1. The summed E-state index contributed by atoms with van der Waals surface area (Å²) in [5.74, 6) is 0.0408. The van der Waals surface area contributed by atoms with Crippen molar-refractivity contribution in [2.24, 2.45) is 5.41 Å². The van der Waals surface area contributed by atoms with Gasteiger partial charge >= 0.3 is 0 Å². The topological polar surface area (TPSA) is 46.2 Å². The molecule has 0 aliphatic rings. The van der Waals surface area contributed by atoms with Crippen LogP contribution in [0, 0.1) is 5.41 Å². The number of amides is 1. The third-order valence-corrected chi connectivity index (χ3v) is 3.04. The smallest absolute Gasteiger partial charge is 0.230 e. The predicted octanol–water partition coefficient (Wildman–Crippen LogP) is 3.65. The lowest BCUT2D eigenvalue weighted by molar-refractivity contribution is -0.124. The minimum atomic E-state index is -0.367. The molecule has 1 N–H and O–H groups in total. The summed E-state index contributed by atoms with van der Waals surface area (Å²) < 4.78 is 0. The molecule has 18 heavy (non-hydrogen) atoms. The average molecular weight is 247 g/mol. The maximum Gasteiger partial charge on any atom is 0.230 e. The summed E-state index contributed by atoms with van der Waals surface area (Å²) in [7, 11) is 0. The third kappa shape index (κ3) is 3.69. The molecular weight excluding hydrogens is 226 g/mol. The van der Waals surface area contributed by atoms with Crippen LogP contribution in [0.2, 0.25) is 0 Å². The number of rotatable bonds is 5. The molecule has 3 nitrogen and oxygen atoms in total. The van der Waals surface area contributed by atoms with Crippen molar-refractivity contribution < 1.29 is 9.59 Å². The van der Waals surface area contributed by atoms with Gasteiger partial charge in [0.1, 0.15) is 0 Å². The van der Waals surface area contributed by atoms with E-state index in [1.54, 1.807) is 24.3 Å². The Morgan fingerprint density at radius 1 is 1.17 bits per heavy atom. The van der Waals surface area contributed by atoms with E-state index < -0.39 is 0 Å². The van der Waals surface area contributed by atoms with Gasteiger partial charge in [-0.3, -0.25) is 9.59 Å². The predicted molar refractivity (Wildman–Crippen MR) is 73.8 cm³/mol. The molecule has 0 radical (unpaired) electrons. The van der Waals surface area contributed by atoms with Gasteiger partial charge in [0.05, 0.1) is 0 Å². The van der Waals surface area contributed by atoms with Crippen molar-refractivity contribution in [2.75, 3.05) is 5.32 Å². The van der Waals surface area contributed by atoms with Gasteiger partial charge in [0, 0.05) is 16.7 Å². The molecule has 1 amide bonds. The Kier molecular flexibility index (Phi) is 4.65. The minimum Gasteiger partial charge on any atom is -0.326 e. The summed E-state index contributed by atoms with van der Waals surface area (Å²) in [5, 5.41) is 2.88. The van der Waals surface area contributed by atoms with Crippen LogP contribution in [-0.4, -0.2) is 11.7 Å². The highest BCUT2D eigenvalue weighted by molar-refractivity contribution is 5.97. The van der Waals surface area contributed by atoms with Crippen molar-refractivity contribution in [1.29, 1.82) is 0 Å². The van der Waals surface area contributed by atoms with Gasteiger partial charge in [0.2, 0.25) is 5.91 Å². The van der Waals surface area contributed by atoms with Crippen molar-refractivity contribution in [2.45, 2.75) is 40.5 Å². The molecule has 0 saturated carbocycles. The first kappa shape index (κ1) is 14.4. The highest BCUT2D eigenvalue weighted by Gasteiger charge is 2.26. The van der Waals surface area contributed by atoms with E-state index in [1.165, 1.54) is 6.92 Å². The molecule has 0 saturated heterocycles. The van der Waals surface area contributed by atoms with Gasteiger partial charge < -0.3 is 5.32 Å². The third-order valence-electron chi connectivity index (χ3n) is 3.04. The Bertz CT molecular complexity index is 432. The number of carbonyl (C=O) groups excluding carboxylic acids is 2. The standard InChI is InChI=1S/C15H21NO2/c1-5-10-15(3,4)14(18)16-13-8-6-12(7-9-13)11(2)17/h6-9H,5,10H2,1-4H3,(H,16,18). The molecule has 0 heterocycles. The van der Waals surface area contributed by atoms with Gasteiger partial charge in [-0.15, -0.1) is 0 Å². The Hall–Kier alpha value is -1.64. The molecule has 98 valence electrons. The molecule has 0 aliphatic heterocycles. The first-order valence-corrected chi connectivity index (χ1v) is 6.29. The lowest BCUT2D eigenvalue weighted by Gasteiger charge is -2.22. The molecule has 1 rings (SSSR count). The molecule has 0 atom stereocenters. The maximum atomic E-state index is 12.1. The Morgan fingerprint density at radius 3 is 2.17 bits per heavy atom. The average Bonchev–Trinajstić information content (AvgIpc) is 2.29. The normalized spacial score (nSPS) is 11.1. The SMILES string of the molecule is CCCC(C)(C)C(=O)Nc1ccc(C(C)=O)cc1. The van der Waals surface area contributed by atoms with Crippen molar-refractivity contribution in [3.05, 3.63) is 29.8 Å². The molecule has 0 aromatic heterocycles. The second-order valence-electron chi connectivity index (χ2n) is 5.22. The number of nitrogens with one attached hydrogen (secondary N) is 1. The summed E-state index contributed by atoms with van der Waals surface area (Å²) in [6, 6.07) is 6.98. The molecule has 0 spiro atoms. The van der Waals surface area contributed by atoms with Crippen LogP contribution in [0.1, 0.15) is 50.9 Å². The Morgan fingerprint density at radius 2 is 1.72 bits per heavy atom. The van der Waals surface area contributed by atoms with Crippen molar-refractivity contribution >= 4 is 17.4 Å². The van der Waals surface area contributed by atoms with E-state index in [0.29, 0.717) is 5.56 Å². The Labute approximate surface area is 109 Å². The molecule has 1 aromatic rings. The van der Waals surface area contributed by atoms with E-state index in [0.717, 1.165) is 18.5 Å². The second-order valence-corrected chi connectivity index (χ2v) is 5.22. The van der Waals surface area contributed by atoms with Crippen molar-refractivity contribution in [3.8, 4) is 0 Å². The molecule has 3 heteroatoms. The summed E-state index contributed by atoms with van der Waals surface area (Å²) in [5.41, 5.74) is 1.02. The lowest BCUT2D eigenvalue weighted by atomic mass is 9.87. The zero-order valence-corrected chi connectivity index (χ0v) is 11.5. The van der Waals surface area contributed by atoms with Crippen LogP contribution < -0.4 is 5.32 Å². The van der Waals surface area contributed by atoms with E-state index in [4.69, 9.17) is 0 Å². The quantitative estimate of drug-likeness (QED) is 0.807. The minimum absolute atomic E-state index is 0.0138. The summed E-state index contributed by atoms with van der Waals surface area (Å²) in [6.45, 7) is 7.47. The van der Waals surface area contributed by atoms with Crippen LogP contribution in [0.25, 0.3) is 0 Å². The number of ketones is 1. The van der Waals surface area contributed by atoms with Gasteiger partial charge in [-0.25, -0.2) is 0 Å². The molecule has 0 unspecified atom stereocenters. The van der Waals surface area contributed by atoms with Crippen LogP contribution in [0.4, 0.5) is 5.69 Å². The first-order valence-electron chi connectivity index (χ1n) is 6.29. The first-order chi connectivity index (χ1) is 8.36. The van der Waals surface area contributed by atoms with Gasteiger partial charge in [0.15, 0.2) is 5.78 Å². The van der Waals surface area contributed by atoms with Crippen LogP contribution >= 0.6 is 0 Å². The summed E-state index contributed by atoms with van der Waals surface area (Å²) in [6.07, 6.45) is 1.83. The van der Waals surface area contributed by atoms with E-state index in [1.807, 2.05) is 13.8 Å². The zero-order chi connectivity index (χ0) is 13.8.